The van der Waals surface area contributed by atoms with Gasteiger partial charge in [-0.25, -0.2) is 0 Å². The van der Waals surface area contributed by atoms with Gasteiger partial charge in [-0.1, -0.05) is 47.5 Å². The van der Waals surface area contributed by atoms with Gasteiger partial charge < -0.3 is 9.47 Å². The van der Waals surface area contributed by atoms with E-state index in [0.29, 0.717) is 0 Å². The van der Waals surface area contributed by atoms with Crippen molar-refractivity contribution in [1.82, 2.24) is 0 Å². The minimum Gasteiger partial charge on any atom is -0.497 e. The fraction of sp³-hybridized carbons (Fsp3) is 0.182. The fourth-order valence-electron chi connectivity index (χ4n) is 3.01. The molecule has 0 unspecified atom stereocenters. The van der Waals surface area contributed by atoms with Gasteiger partial charge in [-0.15, -0.1) is 0 Å². The monoisotopic (exact) mass is 386 g/mol. The summed E-state index contributed by atoms with van der Waals surface area (Å²) in [5, 5.41) is 1.46. The van der Waals surface area contributed by atoms with Crippen LogP contribution in [0.25, 0.3) is 0 Å². The average molecular weight is 387 g/mol. The number of ether oxygens (including phenoxy) is 2. The Labute approximate surface area is 164 Å². The Hall–Kier alpha value is -2.16. The second-order valence-corrected chi connectivity index (χ2v) is 6.96. The average Bonchev–Trinajstić information content (AvgIpc) is 2.65. The van der Waals surface area contributed by atoms with E-state index < -0.39 is 0 Å². The van der Waals surface area contributed by atoms with Crippen LogP contribution >= 0.6 is 23.2 Å². The lowest BCUT2D eigenvalue weighted by atomic mass is 9.97. The number of hydrogen-bond acceptors (Lipinski definition) is 2. The summed E-state index contributed by atoms with van der Waals surface area (Å²) in [7, 11) is 3.39. The molecule has 0 bridgehead atoms. The fourth-order valence-corrected chi connectivity index (χ4v) is 3.26. The van der Waals surface area contributed by atoms with Gasteiger partial charge in [0.05, 0.1) is 14.2 Å². The van der Waals surface area contributed by atoms with Crippen LogP contribution in [0.15, 0.2) is 60.7 Å². The number of halogens is 2. The van der Waals surface area contributed by atoms with Gasteiger partial charge >= 0.3 is 0 Å². The first-order valence-electron chi connectivity index (χ1n) is 8.31. The van der Waals surface area contributed by atoms with Gasteiger partial charge in [0.2, 0.25) is 0 Å². The second-order valence-electron chi connectivity index (χ2n) is 6.09. The quantitative estimate of drug-likeness (QED) is 0.502. The smallest absolute Gasteiger partial charge is 0.126 e. The first-order valence-corrected chi connectivity index (χ1v) is 9.07. The predicted octanol–water partition coefficient (Wildman–Crippen LogP) is 6.19. The van der Waals surface area contributed by atoms with Gasteiger partial charge in [0.15, 0.2) is 0 Å². The van der Waals surface area contributed by atoms with Crippen LogP contribution < -0.4 is 9.47 Å². The van der Waals surface area contributed by atoms with Crippen LogP contribution in [-0.4, -0.2) is 14.2 Å². The Kier molecular flexibility index (Phi) is 6.08. The lowest BCUT2D eigenvalue weighted by Gasteiger charge is -2.16. The van der Waals surface area contributed by atoms with Crippen molar-refractivity contribution >= 4 is 23.2 Å². The van der Waals surface area contributed by atoms with Crippen LogP contribution in [0.3, 0.4) is 0 Å². The number of methoxy groups -OCH3 is 2. The van der Waals surface area contributed by atoms with E-state index in [4.69, 9.17) is 32.7 Å². The van der Waals surface area contributed by atoms with Crippen molar-refractivity contribution in [3.63, 3.8) is 0 Å². The van der Waals surface area contributed by atoms with E-state index >= 15 is 0 Å². The molecule has 3 rings (SSSR count). The van der Waals surface area contributed by atoms with Crippen molar-refractivity contribution in [2.24, 2.45) is 0 Å². The van der Waals surface area contributed by atoms with Gasteiger partial charge in [0.1, 0.15) is 11.5 Å². The summed E-state index contributed by atoms with van der Waals surface area (Å²) in [4.78, 5) is 0. The molecule has 0 saturated heterocycles. The summed E-state index contributed by atoms with van der Waals surface area (Å²) in [6.07, 6.45) is 1.48. The van der Waals surface area contributed by atoms with Crippen molar-refractivity contribution in [1.29, 1.82) is 0 Å². The molecular weight excluding hydrogens is 367 g/mol. The maximum absolute atomic E-state index is 5.99. The summed E-state index contributed by atoms with van der Waals surface area (Å²) < 4.78 is 11.3. The number of rotatable bonds is 6. The van der Waals surface area contributed by atoms with E-state index in [1.54, 1.807) is 14.2 Å². The lowest BCUT2D eigenvalue weighted by Crippen LogP contribution is -2.01. The Morgan fingerprint density at radius 3 is 1.42 bits per heavy atom. The standard InChI is InChI=1S/C22H20Cl2O2/c1-25-21-13-17(11-15-3-7-19(23)8-4-15)22(26-2)18(14-21)12-16-5-9-20(24)10-6-16/h3-10,13-14H,11-12H2,1-2H3. The number of benzene rings is 3. The minimum absolute atomic E-state index is 0.731. The first-order chi connectivity index (χ1) is 12.6. The van der Waals surface area contributed by atoms with Gasteiger partial charge in [0.25, 0.3) is 0 Å². The largest absolute Gasteiger partial charge is 0.497 e. The second kappa shape index (κ2) is 8.48. The van der Waals surface area contributed by atoms with Crippen LogP contribution in [0.1, 0.15) is 22.3 Å². The van der Waals surface area contributed by atoms with E-state index in [2.05, 4.69) is 0 Å². The summed E-state index contributed by atoms with van der Waals surface area (Å²) in [6.45, 7) is 0. The van der Waals surface area contributed by atoms with E-state index in [9.17, 15) is 0 Å². The lowest BCUT2D eigenvalue weighted by molar-refractivity contribution is 0.395. The molecule has 0 heterocycles. The highest BCUT2D eigenvalue weighted by atomic mass is 35.5. The third kappa shape index (κ3) is 4.51. The summed E-state index contributed by atoms with van der Waals surface area (Å²) >= 11 is 12.0. The van der Waals surface area contributed by atoms with Gasteiger partial charge in [-0.05, 0) is 47.5 Å². The van der Waals surface area contributed by atoms with Crippen LogP contribution in [0.5, 0.6) is 11.5 Å². The zero-order valence-electron chi connectivity index (χ0n) is 14.8. The van der Waals surface area contributed by atoms with Gasteiger partial charge in [-0.3, -0.25) is 0 Å². The maximum atomic E-state index is 5.99. The molecule has 0 spiro atoms. The molecule has 0 amide bonds. The molecular formula is C22H20Cl2O2. The molecule has 3 aromatic rings. The zero-order valence-corrected chi connectivity index (χ0v) is 16.3. The molecule has 4 heteroatoms. The van der Waals surface area contributed by atoms with Gasteiger partial charge in [-0.2, -0.15) is 0 Å². The minimum atomic E-state index is 0.731. The van der Waals surface area contributed by atoms with Crippen molar-refractivity contribution in [3.8, 4) is 11.5 Å². The van der Waals surface area contributed by atoms with E-state index in [1.165, 1.54) is 11.1 Å². The summed E-state index contributed by atoms with van der Waals surface area (Å²) in [5.41, 5.74) is 4.49. The Bertz CT molecular complexity index is 803. The highest BCUT2D eigenvalue weighted by Crippen LogP contribution is 2.33. The highest BCUT2D eigenvalue weighted by molar-refractivity contribution is 6.30. The van der Waals surface area contributed by atoms with E-state index in [0.717, 1.165) is 45.5 Å². The molecule has 0 fully saturated rings. The summed E-state index contributed by atoms with van der Waals surface area (Å²) in [5.74, 6) is 1.70. The third-order valence-electron chi connectivity index (χ3n) is 4.27. The van der Waals surface area contributed by atoms with Crippen molar-refractivity contribution < 1.29 is 9.47 Å². The van der Waals surface area contributed by atoms with Crippen molar-refractivity contribution in [2.45, 2.75) is 12.8 Å². The molecule has 0 aliphatic rings. The molecule has 0 atom stereocenters. The molecule has 0 N–H and O–H groups in total. The molecule has 0 aromatic heterocycles. The predicted molar refractivity (Wildman–Crippen MR) is 108 cm³/mol. The maximum Gasteiger partial charge on any atom is 0.126 e. The Morgan fingerprint density at radius 2 is 1.08 bits per heavy atom. The van der Waals surface area contributed by atoms with Gasteiger partial charge in [0, 0.05) is 34.0 Å². The molecule has 134 valence electrons. The number of hydrogen-bond donors (Lipinski definition) is 0. The SMILES string of the molecule is COc1cc(Cc2ccc(Cl)cc2)c(OC)c(Cc2ccc(Cl)cc2)c1. The molecule has 2 nitrogen and oxygen atoms in total. The van der Waals surface area contributed by atoms with Crippen LogP contribution in [0.4, 0.5) is 0 Å². The van der Waals surface area contributed by atoms with Crippen molar-refractivity contribution in [3.05, 3.63) is 93.0 Å². The molecule has 0 aliphatic carbocycles. The summed E-state index contributed by atoms with van der Waals surface area (Å²) in [6, 6.07) is 19.8. The van der Waals surface area contributed by atoms with Crippen LogP contribution in [-0.2, 0) is 12.8 Å². The van der Waals surface area contributed by atoms with E-state index in [-0.39, 0.29) is 0 Å². The zero-order chi connectivity index (χ0) is 18.5. The molecule has 0 radical (unpaired) electrons. The normalized spacial score (nSPS) is 10.6. The molecule has 3 aromatic carbocycles. The topological polar surface area (TPSA) is 18.5 Å². The Balaban J connectivity index is 1.97. The van der Waals surface area contributed by atoms with E-state index in [1.807, 2.05) is 60.7 Å². The van der Waals surface area contributed by atoms with Crippen LogP contribution in [0.2, 0.25) is 10.0 Å². The molecule has 0 saturated carbocycles. The van der Waals surface area contributed by atoms with Crippen molar-refractivity contribution in [2.75, 3.05) is 14.2 Å². The van der Waals surface area contributed by atoms with Crippen LogP contribution in [0, 0.1) is 0 Å². The third-order valence-corrected chi connectivity index (χ3v) is 4.78. The molecule has 0 aliphatic heterocycles. The Morgan fingerprint density at radius 1 is 0.654 bits per heavy atom. The highest BCUT2D eigenvalue weighted by Gasteiger charge is 2.14. The molecule has 26 heavy (non-hydrogen) atoms. The first kappa shape index (κ1) is 18.6.